The lowest BCUT2D eigenvalue weighted by atomic mass is 10.1. The van der Waals surface area contributed by atoms with E-state index in [9.17, 15) is 18.0 Å². The van der Waals surface area contributed by atoms with Crippen LogP contribution in [0.15, 0.2) is 24.3 Å². The minimum atomic E-state index is -4.57. The molecule has 1 aromatic rings. The molecule has 1 fully saturated rings. The van der Waals surface area contributed by atoms with Crippen LogP contribution in [-0.2, 0) is 15.7 Å². The zero-order valence-electron chi connectivity index (χ0n) is 11.4. The van der Waals surface area contributed by atoms with Gasteiger partial charge in [-0.3, -0.25) is 4.79 Å². The summed E-state index contributed by atoms with van der Waals surface area (Å²) in [7, 11) is 0. The largest absolute Gasteiger partial charge is 0.417 e. The smallest absolute Gasteiger partial charge is 0.376 e. The molecule has 1 aliphatic heterocycles. The van der Waals surface area contributed by atoms with Gasteiger partial charge in [-0.15, -0.1) is 0 Å². The maximum atomic E-state index is 12.9. The number of ether oxygens (including phenoxy) is 2. The summed E-state index contributed by atoms with van der Waals surface area (Å²) < 4.78 is 49.3. The van der Waals surface area contributed by atoms with E-state index >= 15 is 0 Å². The highest BCUT2D eigenvalue weighted by Crippen LogP contribution is 2.31. The summed E-state index contributed by atoms with van der Waals surface area (Å²) in [5, 5.41) is 2.55. The molecular weight excluding hydrogens is 287 g/mol. The molecule has 7 heteroatoms. The number of halogens is 3. The Morgan fingerprint density at radius 1 is 1.38 bits per heavy atom. The summed E-state index contributed by atoms with van der Waals surface area (Å²) >= 11 is 0. The highest BCUT2D eigenvalue weighted by atomic mass is 19.4. The van der Waals surface area contributed by atoms with Crippen LogP contribution in [0.3, 0.4) is 0 Å². The maximum Gasteiger partial charge on any atom is 0.417 e. The SMILES string of the molecule is CCO[C@H]1COC[C@@H]1NC(=O)c1ccccc1C(F)(F)F. The van der Waals surface area contributed by atoms with Crippen molar-refractivity contribution >= 4 is 5.91 Å². The molecule has 1 amide bonds. The lowest BCUT2D eigenvalue weighted by Crippen LogP contribution is -2.44. The van der Waals surface area contributed by atoms with Gasteiger partial charge >= 0.3 is 6.18 Å². The summed E-state index contributed by atoms with van der Waals surface area (Å²) in [6.45, 7) is 2.79. The summed E-state index contributed by atoms with van der Waals surface area (Å²) in [4.78, 5) is 12.1. The van der Waals surface area contributed by atoms with Gasteiger partial charge in [0.1, 0.15) is 6.10 Å². The minimum Gasteiger partial charge on any atom is -0.376 e. The van der Waals surface area contributed by atoms with Crippen molar-refractivity contribution in [2.24, 2.45) is 0 Å². The molecule has 1 heterocycles. The fourth-order valence-electron chi connectivity index (χ4n) is 2.22. The quantitative estimate of drug-likeness (QED) is 0.928. The van der Waals surface area contributed by atoms with Gasteiger partial charge in [0.2, 0.25) is 0 Å². The molecule has 21 heavy (non-hydrogen) atoms. The Balaban J connectivity index is 2.14. The minimum absolute atomic E-state index is 0.227. The van der Waals surface area contributed by atoms with E-state index in [1.807, 2.05) is 0 Å². The summed E-state index contributed by atoms with van der Waals surface area (Å²) in [6, 6.07) is 4.25. The van der Waals surface area contributed by atoms with Crippen molar-refractivity contribution < 1.29 is 27.4 Å². The maximum absolute atomic E-state index is 12.9. The van der Waals surface area contributed by atoms with Crippen LogP contribution in [0, 0.1) is 0 Å². The third kappa shape index (κ3) is 3.74. The third-order valence-electron chi connectivity index (χ3n) is 3.20. The van der Waals surface area contributed by atoms with Crippen molar-refractivity contribution in [3.8, 4) is 0 Å². The number of carbonyl (C=O) groups excluding carboxylic acids is 1. The molecule has 0 radical (unpaired) electrons. The van der Waals surface area contributed by atoms with E-state index in [4.69, 9.17) is 9.47 Å². The monoisotopic (exact) mass is 303 g/mol. The molecule has 1 N–H and O–H groups in total. The van der Waals surface area contributed by atoms with E-state index in [1.54, 1.807) is 6.92 Å². The van der Waals surface area contributed by atoms with E-state index in [0.29, 0.717) is 13.2 Å². The molecule has 0 saturated carbocycles. The third-order valence-corrected chi connectivity index (χ3v) is 3.20. The van der Waals surface area contributed by atoms with Crippen LogP contribution in [0.1, 0.15) is 22.8 Å². The number of alkyl halides is 3. The Morgan fingerprint density at radius 3 is 2.76 bits per heavy atom. The molecule has 1 saturated heterocycles. The Bertz CT molecular complexity index is 504. The van der Waals surface area contributed by atoms with Crippen LogP contribution in [0.25, 0.3) is 0 Å². The second-order valence-electron chi connectivity index (χ2n) is 4.65. The first-order valence-corrected chi connectivity index (χ1v) is 6.60. The van der Waals surface area contributed by atoms with Gasteiger partial charge in [-0.05, 0) is 19.1 Å². The fourth-order valence-corrected chi connectivity index (χ4v) is 2.22. The highest BCUT2D eigenvalue weighted by Gasteiger charge is 2.36. The van der Waals surface area contributed by atoms with E-state index in [1.165, 1.54) is 12.1 Å². The molecule has 116 valence electrons. The molecule has 0 bridgehead atoms. The van der Waals surface area contributed by atoms with E-state index in [-0.39, 0.29) is 12.7 Å². The average molecular weight is 303 g/mol. The summed E-state index contributed by atoms with van der Waals surface area (Å²) in [5.41, 5.74) is -1.35. The summed E-state index contributed by atoms with van der Waals surface area (Å²) in [6.07, 6.45) is -4.91. The van der Waals surface area contributed by atoms with Gasteiger partial charge in [0, 0.05) is 6.61 Å². The zero-order valence-corrected chi connectivity index (χ0v) is 11.4. The van der Waals surface area contributed by atoms with E-state index in [2.05, 4.69) is 5.32 Å². The predicted octanol–water partition coefficient (Wildman–Crippen LogP) is 2.24. The summed E-state index contributed by atoms with van der Waals surface area (Å²) in [5.74, 6) is -0.775. The number of rotatable bonds is 4. The fraction of sp³-hybridized carbons (Fsp3) is 0.500. The molecule has 0 aromatic heterocycles. The van der Waals surface area contributed by atoms with Crippen LogP contribution in [-0.4, -0.2) is 37.9 Å². The first-order valence-electron chi connectivity index (χ1n) is 6.60. The first kappa shape index (κ1) is 15.8. The van der Waals surface area contributed by atoms with Gasteiger partial charge in [0.25, 0.3) is 5.91 Å². The molecule has 0 aliphatic carbocycles. The van der Waals surface area contributed by atoms with Crippen molar-refractivity contribution in [3.05, 3.63) is 35.4 Å². The number of amides is 1. The Hall–Kier alpha value is -1.60. The molecule has 0 unspecified atom stereocenters. The first-order chi connectivity index (χ1) is 9.93. The molecular formula is C14H16F3NO3. The van der Waals surface area contributed by atoms with Crippen molar-refractivity contribution in [2.45, 2.75) is 25.2 Å². The lowest BCUT2D eigenvalue weighted by molar-refractivity contribution is -0.137. The van der Waals surface area contributed by atoms with Gasteiger partial charge in [-0.2, -0.15) is 13.2 Å². The molecule has 4 nitrogen and oxygen atoms in total. The predicted molar refractivity (Wildman–Crippen MR) is 68.9 cm³/mol. The van der Waals surface area contributed by atoms with E-state index in [0.717, 1.165) is 12.1 Å². The molecule has 0 spiro atoms. The highest BCUT2D eigenvalue weighted by molar-refractivity contribution is 5.96. The second-order valence-corrected chi connectivity index (χ2v) is 4.65. The van der Waals surface area contributed by atoms with Crippen molar-refractivity contribution in [2.75, 3.05) is 19.8 Å². The Kier molecular flexibility index (Phi) is 4.84. The van der Waals surface area contributed by atoms with Crippen LogP contribution < -0.4 is 5.32 Å². The Labute approximate surface area is 120 Å². The molecule has 2 atom stereocenters. The number of carbonyl (C=O) groups is 1. The van der Waals surface area contributed by atoms with Gasteiger partial charge < -0.3 is 14.8 Å². The van der Waals surface area contributed by atoms with Gasteiger partial charge in [-0.1, -0.05) is 12.1 Å². The van der Waals surface area contributed by atoms with Crippen molar-refractivity contribution in [1.82, 2.24) is 5.32 Å². The van der Waals surface area contributed by atoms with Gasteiger partial charge in [0.05, 0.1) is 30.4 Å². The Morgan fingerprint density at radius 2 is 2.10 bits per heavy atom. The normalized spacial score (nSPS) is 22.3. The van der Waals surface area contributed by atoms with Gasteiger partial charge in [-0.25, -0.2) is 0 Å². The molecule has 1 aromatic carbocycles. The lowest BCUT2D eigenvalue weighted by Gasteiger charge is -2.20. The van der Waals surface area contributed by atoms with Crippen molar-refractivity contribution in [1.29, 1.82) is 0 Å². The molecule has 1 aliphatic rings. The number of hydrogen-bond acceptors (Lipinski definition) is 3. The molecule has 2 rings (SSSR count). The number of nitrogens with one attached hydrogen (secondary N) is 1. The van der Waals surface area contributed by atoms with Crippen LogP contribution in [0.4, 0.5) is 13.2 Å². The standard InChI is InChI=1S/C14H16F3NO3/c1-2-21-12-8-20-7-11(12)18-13(19)9-5-3-4-6-10(9)14(15,16)17/h3-6,11-12H,2,7-8H2,1H3,(H,18,19)/t11-,12-/m0/s1. The second kappa shape index (κ2) is 6.44. The zero-order chi connectivity index (χ0) is 15.5. The van der Waals surface area contributed by atoms with Crippen molar-refractivity contribution in [3.63, 3.8) is 0 Å². The van der Waals surface area contributed by atoms with E-state index < -0.39 is 29.3 Å². The van der Waals surface area contributed by atoms with Crippen LogP contribution >= 0.6 is 0 Å². The number of hydrogen-bond donors (Lipinski definition) is 1. The average Bonchev–Trinajstić information content (AvgIpc) is 2.85. The topological polar surface area (TPSA) is 47.6 Å². The van der Waals surface area contributed by atoms with Gasteiger partial charge in [0.15, 0.2) is 0 Å². The van der Waals surface area contributed by atoms with Crippen LogP contribution in [0.5, 0.6) is 0 Å². The van der Waals surface area contributed by atoms with Crippen LogP contribution in [0.2, 0.25) is 0 Å². The number of benzene rings is 1.